The molecule has 1 aromatic carbocycles. The normalized spacial score (nSPS) is 19.0. The van der Waals surface area contributed by atoms with Crippen LogP contribution in [-0.2, 0) is 14.3 Å². The molecular formula is C12H11NO3. The van der Waals surface area contributed by atoms with E-state index in [0.29, 0.717) is 5.56 Å². The number of cyclic esters (lactones) is 1. The molecule has 4 heteroatoms. The molecule has 1 aliphatic rings. The van der Waals surface area contributed by atoms with Crippen molar-refractivity contribution in [1.82, 2.24) is 0 Å². The van der Waals surface area contributed by atoms with Crippen LogP contribution in [0.4, 0.5) is 0 Å². The fourth-order valence-corrected chi connectivity index (χ4v) is 1.26. The quantitative estimate of drug-likeness (QED) is 0.529. The highest BCUT2D eigenvalue weighted by molar-refractivity contribution is 6.17. The van der Waals surface area contributed by atoms with Crippen LogP contribution >= 0.6 is 0 Å². The van der Waals surface area contributed by atoms with Gasteiger partial charge in [0.05, 0.1) is 0 Å². The second-order valence-electron chi connectivity index (χ2n) is 4.10. The minimum atomic E-state index is -1.18. The molecule has 0 radical (unpaired) electrons. The number of rotatable bonds is 1. The summed E-state index contributed by atoms with van der Waals surface area (Å²) in [5, 5.41) is 0. The molecule has 0 bridgehead atoms. The third-order valence-electron chi connectivity index (χ3n) is 2.46. The fourth-order valence-electron chi connectivity index (χ4n) is 1.26. The van der Waals surface area contributed by atoms with Gasteiger partial charge in [-0.05, 0) is 26.0 Å². The Balaban J connectivity index is 2.41. The summed E-state index contributed by atoms with van der Waals surface area (Å²) in [6.07, 6.45) is 0. The molecule has 0 spiro atoms. The highest BCUT2D eigenvalue weighted by Gasteiger charge is 2.42. The second-order valence-corrected chi connectivity index (χ2v) is 4.10. The molecular weight excluding hydrogens is 206 g/mol. The summed E-state index contributed by atoms with van der Waals surface area (Å²) in [4.78, 5) is 27.0. The predicted octanol–water partition coefficient (Wildman–Crippen LogP) is 1.54. The summed E-state index contributed by atoms with van der Waals surface area (Å²) < 4.78 is 5.05. The van der Waals surface area contributed by atoms with Crippen LogP contribution in [0.15, 0.2) is 35.3 Å². The van der Waals surface area contributed by atoms with Gasteiger partial charge in [-0.3, -0.25) is 9.59 Å². The van der Waals surface area contributed by atoms with Crippen molar-refractivity contribution in [3.8, 4) is 0 Å². The maximum Gasteiger partial charge on any atom is 0.327 e. The molecule has 0 aliphatic carbocycles. The van der Waals surface area contributed by atoms with Crippen molar-refractivity contribution in [1.29, 1.82) is 0 Å². The molecule has 4 nitrogen and oxygen atoms in total. The van der Waals surface area contributed by atoms with E-state index < -0.39 is 17.3 Å². The predicted molar refractivity (Wildman–Crippen MR) is 57.9 cm³/mol. The highest BCUT2D eigenvalue weighted by atomic mass is 16.5. The van der Waals surface area contributed by atoms with E-state index in [0.717, 1.165) is 0 Å². The molecule has 0 atom stereocenters. The lowest BCUT2D eigenvalue weighted by atomic mass is 9.92. The monoisotopic (exact) mass is 217 g/mol. The van der Waals surface area contributed by atoms with Crippen molar-refractivity contribution in [2.45, 2.75) is 13.8 Å². The Kier molecular flexibility index (Phi) is 2.34. The number of nitrogens with zero attached hydrogens (tertiary/aromatic N) is 1. The van der Waals surface area contributed by atoms with Gasteiger partial charge in [0.25, 0.3) is 5.91 Å². The van der Waals surface area contributed by atoms with Crippen molar-refractivity contribution in [2.24, 2.45) is 10.4 Å². The van der Waals surface area contributed by atoms with Gasteiger partial charge in [0.1, 0.15) is 5.41 Å². The van der Waals surface area contributed by atoms with Gasteiger partial charge in [-0.15, -0.1) is 0 Å². The average molecular weight is 217 g/mol. The van der Waals surface area contributed by atoms with Crippen LogP contribution in [0.3, 0.4) is 0 Å². The summed E-state index contributed by atoms with van der Waals surface area (Å²) in [7, 11) is 0. The molecule has 0 unspecified atom stereocenters. The van der Waals surface area contributed by atoms with Gasteiger partial charge in [0.15, 0.2) is 0 Å². The van der Waals surface area contributed by atoms with E-state index >= 15 is 0 Å². The Hall–Kier alpha value is -1.97. The van der Waals surface area contributed by atoms with Gasteiger partial charge in [0.2, 0.25) is 5.90 Å². The standard InChI is InChI=1S/C12H11NO3/c1-12(2)10(14)13-9(16-11(12)15)8-6-4-3-5-7-8/h3-7H,1-2H3. The lowest BCUT2D eigenvalue weighted by Crippen LogP contribution is -2.40. The zero-order valence-corrected chi connectivity index (χ0v) is 9.06. The van der Waals surface area contributed by atoms with Gasteiger partial charge >= 0.3 is 5.97 Å². The first kappa shape index (κ1) is 10.5. The molecule has 16 heavy (non-hydrogen) atoms. The van der Waals surface area contributed by atoms with E-state index in [9.17, 15) is 9.59 Å². The molecule has 0 saturated carbocycles. The van der Waals surface area contributed by atoms with Gasteiger partial charge in [-0.1, -0.05) is 18.2 Å². The number of ether oxygens (including phenoxy) is 1. The van der Waals surface area contributed by atoms with Crippen LogP contribution in [0.2, 0.25) is 0 Å². The van der Waals surface area contributed by atoms with Crippen molar-refractivity contribution in [3.05, 3.63) is 35.9 Å². The number of aliphatic imine (C=N–C) groups is 1. The molecule has 82 valence electrons. The Labute approximate surface area is 92.9 Å². The zero-order chi connectivity index (χ0) is 11.8. The number of amides is 1. The summed E-state index contributed by atoms with van der Waals surface area (Å²) in [6, 6.07) is 8.88. The first-order valence-corrected chi connectivity index (χ1v) is 4.92. The van der Waals surface area contributed by atoms with E-state index in [2.05, 4.69) is 4.99 Å². The molecule has 1 aliphatic heterocycles. The second kappa shape index (κ2) is 3.56. The lowest BCUT2D eigenvalue weighted by Gasteiger charge is -2.23. The molecule has 0 saturated heterocycles. The molecule has 0 aromatic heterocycles. The van der Waals surface area contributed by atoms with Crippen molar-refractivity contribution < 1.29 is 14.3 Å². The van der Waals surface area contributed by atoms with Crippen LogP contribution in [0.1, 0.15) is 19.4 Å². The Bertz CT molecular complexity index is 474. The fraction of sp³-hybridized carbons (Fsp3) is 0.250. The number of carbonyl (C=O) groups excluding carboxylic acids is 2. The van der Waals surface area contributed by atoms with Gasteiger partial charge in [0, 0.05) is 5.56 Å². The van der Waals surface area contributed by atoms with Crippen LogP contribution in [0.25, 0.3) is 0 Å². The first-order chi connectivity index (χ1) is 7.51. The highest BCUT2D eigenvalue weighted by Crippen LogP contribution is 2.25. The van der Waals surface area contributed by atoms with Crippen molar-refractivity contribution in [2.75, 3.05) is 0 Å². The number of esters is 1. The zero-order valence-electron chi connectivity index (χ0n) is 9.06. The summed E-state index contributed by atoms with van der Waals surface area (Å²) in [5.41, 5.74) is -0.558. The van der Waals surface area contributed by atoms with Crippen LogP contribution in [0.5, 0.6) is 0 Å². The van der Waals surface area contributed by atoms with Crippen molar-refractivity contribution in [3.63, 3.8) is 0 Å². The van der Waals surface area contributed by atoms with E-state index in [1.54, 1.807) is 24.3 Å². The van der Waals surface area contributed by atoms with Crippen LogP contribution in [-0.4, -0.2) is 17.8 Å². The smallest absolute Gasteiger partial charge is 0.327 e. The minimum Gasteiger partial charge on any atom is -0.406 e. The summed E-state index contributed by atoms with van der Waals surface area (Å²) >= 11 is 0. The lowest BCUT2D eigenvalue weighted by molar-refractivity contribution is -0.152. The first-order valence-electron chi connectivity index (χ1n) is 4.92. The molecule has 1 amide bonds. The SMILES string of the molecule is CC1(C)C(=O)N=C(c2ccccc2)OC1=O. The molecule has 0 fully saturated rings. The Morgan fingerprint density at radius 2 is 1.75 bits per heavy atom. The van der Waals surface area contributed by atoms with E-state index in [-0.39, 0.29) is 5.90 Å². The Morgan fingerprint density at radius 1 is 1.12 bits per heavy atom. The average Bonchev–Trinajstić information content (AvgIpc) is 2.27. The molecule has 2 rings (SSSR count). The maximum absolute atomic E-state index is 11.6. The number of benzene rings is 1. The molecule has 1 heterocycles. The van der Waals surface area contributed by atoms with Crippen LogP contribution in [0, 0.1) is 5.41 Å². The number of hydrogen-bond donors (Lipinski definition) is 0. The topological polar surface area (TPSA) is 55.7 Å². The Morgan fingerprint density at radius 3 is 2.31 bits per heavy atom. The van der Waals surface area contributed by atoms with Gasteiger partial charge in [-0.25, -0.2) is 0 Å². The summed E-state index contributed by atoms with van der Waals surface area (Å²) in [5.74, 6) is -0.955. The van der Waals surface area contributed by atoms with E-state index in [4.69, 9.17) is 4.74 Å². The van der Waals surface area contributed by atoms with E-state index in [1.807, 2.05) is 6.07 Å². The third-order valence-corrected chi connectivity index (χ3v) is 2.46. The molecule has 1 aromatic rings. The van der Waals surface area contributed by atoms with E-state index in [1.165, 1.54) is 13.8 Å². The summed E-state index contributed by atoms with van der Waals surface area (Å²) in [6.45, 7) is 3.01. The van der Waals surface area contributed by atoms with Crippen LogP contribution < -0.4 is 0 Å². The minimum absolute atomic E-state index is 0.0786. The maximum atomic E-state index is 11.6. The largest absolute Gasteiger partial charge is 0.406 e. The number of carbonyl (C=O) groups is 2. The number of hydrogen-bond acceptors (Lipinski definition) is 3. The van der Waals surface area contributed by atoms with Gasteiger partial charge in [-0.2, -0.15) is 4.99 Å². The molecule has 0 N–H and O–H groups in total. The van der Waals surface area contributed by atoms with Gasteiger partial charge < -0.3 is 4.74 Å². The third kappa shape index (κ3) is 1.62. The van der Waals surface area contributed by atoms with Crippen molar-refractivity contribution >= 4 is 17.8 Å².